The smallest absolute Gasteiger partial charge is 0.220 e. The highest BCUT2D eigenvalue weighted by atomic mass is 16.7. The van der Waals surface area contributed by atoms with Crippen LogP contribution in [0.3, 0.4) is 0 Å². The molecular weight excluding hydrogens is 839 g/mol. The lowest BCUT2D eigenvalue weighted by molar-refractivity contribution is -0.302. The van der Waals surface area contributed by atoms with Crippen LogP contribution >= 0.6 is 0 Å². The van der Waals surface area contributed by atoms with Crippen LogP contribution in [0.5, 0.6) is 0 Å². The molecule has 1 amide bonds. The minimum absolute atomic E-state index is 0.185. The Morgan fingerprint density at radius 3 is 1.31 bits per heavy atom. The molecule has 7 atom stereocenters. The topological polar surface area (TPSA) is 149 Å². The Morgan fingerprint density at radius 2 is 0.910 bits per heavy atom. The summed E-state index contributed by atoms with van der Waals surface area (Å²) in [7, 11) is 0. The molecule has 67 heavy (non-hydrogen) atoms. The number of allylic oxidation sites excluding steroid dienone is 5. The normalized spacial score (nSPS) is 19.9. The van der Waals surface area contributed by atoms with Gasteiger partial charge in [-0.25, -0.2) is 0 Å². The highest BCUT2D eigenvalue weighted by Gasteiger charge is 2.44. The number of hydrogen-bond donors (Lipinski definition) is 6. The number of nitrogens with one attached hydrogen (secondary N) is 1. The zero-order valence-electron chi connectivity index (χ0n) is 43.7. The van der Waals surface area contributed by atoms with Crippen LogP contribution in [0.4, 0.5) is 0 Å². The van der Waals surface area contributed by atoms with E-state index in [-0.39, 0.29) is 12.5 Å². The Hall–Kier alpha value is -1.59. The highest BCUT2D eigenvalue weighted by Crippen LogP contribution is 2.23. The third-order valence-corrected chi connectivity index (χ3v) is 13.7. The fraction of sp³-hybridized carbons (Fsp3) is 0.879. The summed E-state index contributed by atoms with van der Waals surface area (Å²) in [5, 5.41) is 53.5. The van der Waals surface area contributed by atoms with Crippen molar-refractivity contribution in [3.05, 3.63) is 36.5 Å². The molecule has 0 aliphatic carbocycles. The molecule has 7 unspecified atom stereocenters. The van der Waals surface area contributed by atoms with Gasteiger partial charge in [0.1, 0.15) is 24.4 Å². The van der Waals surface area contributed by atoms with Gasteiger partial charge >= 0.3 is 0 Å². The molecule has 0 aromatic rings. The number of carbonyl (C=O) groups excluding carboxylic acids is 1. The van der Waals surface area contributed by atoms with Crippen LogP contribution in [0.2, 0.25) is 0 Å². The molecule has 0 spiro atoms. The summed E-state index contributed by atoms with van der Waals surface area (Å²) in [6.07, 6.45) is 56.5. The Labute approximate surface area is 412 Å². The largest absolute Gasteiger partial charge is 0.394 e. The lowest BCUT2D eigenvalue weighted by Gasteiger charge is -2.40. The first-order valence-electron chi connectivity index (χ1n) is 28.7. The molecule has 0 radical (unpaired) electrons. The fourth-order valence-corrected chi connectivity index (χ4v) is 9.14. The summed E-state index contributed by atoms with van der Waals surface area (Å²) in [4.78, 5) is 12.8. The molecule has 1 heterocycles. The molecule has 1 rings (SSSR count). The van der Waals surface area contributed by atoms with E-state index in [1.807, 2.05) is 13.0 Å². The number of hydrogen-bond acceptors (Lipinski definition) is 8. The van der Waals surface area contributed by atoms with Crippen LogP contribution in [0, 0.1) is 0 Å². The van der Waals surface area contributed by atoms with E-state index in [1.165, 1.54) is 212 Å². The van der Waals surface area contributed by atoms with Crippen molar-refractivity contribution < 1.29 is 39.8 Å². The zero-order chi connectivity index (χ0) is 48.7. The summed E-state index contributed by atoms with van der Waals surface area (Å²) >= 11 is 0. The van der Waals surface area contributed by atoms with Crippen LogP contribution in [-0.2, 0) is 14.3 Å². The minimum Gasteiger partial charge on any atom is -0.394 e. The van der Waals surface area contributed by atoms with Gasteiger partial charge in [-0.1, -0.05) is 256 Å². The number of unbranched alkanes of at least 4 members (excludes halogenated alkanes) is 35. The Bertz CT molecular complexity index is 1150. The summed E-state index contributed by atoms with van der Waals surface area (Å²) in [5.41, 5.74) is 0. The van der Waals surface area contributed by atoms with Gasteiger partial charge in [0.2, 0.25) is 5.91 Å². The Kier molecular flexibility index (Phi) is 45.5. The first kappa shape index (κ1) is 63.4. The SMILES string of the molecule is CCC/C=C/C(O)C(COC1OC(CO)C(O)C(O)C1O)NC(=O)CCCCCCCCCCCCCCCCCCCCCCCCCCCCCCC/C=C\C/C=C\CCCCCCC. The molecule has 1 aliphatic rings. The van der Waals surface area contributed by atoms with E-state index in [4.69, 9.17) is 9.47 Å². The summed E-state index contributed by atoms with van der Waals surface area (Å²) in [6.45, 7) is 3.56. The van der Waals surface area contributed by atoms with Crippen molar-refractivity contribution in [2.45, 2.75) is 314 Å². The molecule has 0 bridgehead atoms. The molecule has 1 aliphatic heterocycles. The van der Waals surface area contributed by atoms with Crippen molar-refractivity contribution in [1.82, 2.24) is 5.32 Å². The van der Waals surface area contributed by atoms with E-state index in [0.717, 1.165) is 38.5 Å². The van der Waals surface area contributed by atoms with Crippen molar-refractivity contribution in [2.75, 3.05) is 13.2 Å². The number of amides is 1. The van der Waals surface area contributed by atoms with E-state index in [1.54, 1.807) is 6.08 Å². The van der Waals surface area contributed by atoms with Crippen LogP contribution in [-0.4, -0.2) is 87.5 Å². The predicted molar refractivity (Wildman–Crippen MR) is 281 cm³/mol. The first-order chi connectivity index (χ1) is 32.8. The van der Waals surface area contributed by atoms with E-state index in [0.29, 0.717) is 6.42 Å². The monoisotopic (exact) mass is 948 g/mol. The van der Waals surface area contributed by atoms with Gasteiger partial charge in [0.05, 0.1) is 25.4 Å². The zero-order valence-corrected chi connectivity index (χ0v) is 43.7. The van der Waals surface area contributed by atoms with Crippen molar-refractivity contribution >= 4 is 5.91 Å². The average molecular weight is 949 g/mol. The van der Waals surface area contributed by atoms with Gasteiger partial charge in [-0.3, -0.25) is 4.79 Å². The second-order valence-electron chi connectivity index (χ2n) is 20.1. The van der Waals surface area contributed by atoms with Crippen LogP contribution in [0.25, 0.3) is 0 Å². The maximum absolute atomic E-state index is 12.8. The van der Waals surface area contributed by atoms with Crippen LogP contribution in [0.15, 0.2) is 36.5 Å². The number of ether oxygens (including phenoxy) is 2. The number of rotatable bonds is 49. The summed E-state index contributed by atoms with van der Waals surface area (Å²) < 4.78 is 11.1. The number of aliphatic hydroxyl groups is 5. The maximum Gasteiger partial charge on any atom is 0.220 e. The second-order valence-corrected chi connectivity index (χ2v) is 20.1. The van der Waals surface area contributed by atoms with Gasteiger partial charge < -0.3 is 40.3 Å². The van der Waals surface area contributed by atoms with Gasteiger partial charge in [0.15, 0.2) is 6.29 Å². The van der Waals surface area contributed by atoms with Crippen LogP contribution in [0.1, 0.15) is 271 Å². The number of aliphatic hydroxyl groups excluding tert-OH is 5. The molecule has 9 heteroatoms. The highest BCUT2D eigenvalue weighted by molar-refractivity contribution is 5.76. The van der Waals surface area contributed by atoms with Gasteiger partial charge in [-0.2, -0.15) is 0 Å². The Balaban J connectivity index is 1.86. The van der Waals surface area contributed by atoms with Crippen molar-refractivity contribution in [3.63, 3.8) is 0 Å². The van der Waals surface area contributed by atoms with Crippen molar-refractivity contribution in [2.24, 2.45) is 0 Å². The van der Waals surface area contributed by atoms with Gasteiger partial charge in [-0.15, -0.1) is 0 Å². The van der Waals surface area contributed by atoms with Crippen LogP contribution < -0.4 is 5.32 Å². The molecule has 1 fully saturated rings. The van der Waals surface area contributed by atoms with Gasteiger partial charge in [0, 0.05) is 6.42 Å². The maximum atomic E-state index is 12.8. The third kappa shape index (κ3) is 37.9. The third-order valence-electron chi connectivity index (χ3n) is 13.7. The lowest BCUT2D eigenvalue weighted by Crippen LogP contribution is -2.60. The minimum atomic E-state index is -1.56. The quantitative estimate of drug-likeness (QED) is 0.0261. The molecule has 6 N–H and O–H groups in total. The average Bonchev–Trinajstić information content (AvgIpc) is 3.33. The molecule has 0 saturated carbocycles. The second kappa shape index (κ2) is 48.1. The molecule has 394 valence electrons. The standard InChI is InChI=1S/C58H109NO8/c1-3-5-7-8-9-10-11-12-13-14-15-16-17-18-19-20-21-22-23-24-25-26-27-28-29-30-31-32-33-34-35-36-37-38-39-40-41-42-43-44-46-48-54(62)59-51(52(61)47-45-6-4-2)50-66-58-57(65)56(64)55(63)53(49-60)67-58/h11-12,14-15,45,47,51-53,55-58,60-61,63-65H,3-10,13,16-44,46,48-50H2,1-2H3,(H,59,62)/b12-11-,15-14-,47-45+. The molecule has 0 aromatic heterocycles. The fourth-order valence-electron chi connectivity index (χ4n) is 9.14. The number of carbonyl (C=O) groups is 1. The van der Waals surface area contributed by atoms with E-state index in [9.17, 15) is 30.3 Å². The van der Waals surface area contributed by atoms with Gasteiger partial charge in [-0.05, 0) is 44.9 Å². The Morgan fingerprint density at radius 1 is 0.507 bits per heavy atom. The molecule has 1 saturated heterocycles. The van der Waals surface area contributed by atoms with E-state index in [2.05, 4.69) is 36.5 Å². The summed E-state index contributed by atoms with van der Waals surface area (Å²) in [5.74, 6) is -0.185. The summed E-state index contributed by atoms with van der Waals surface area (Å²) in [6, 6.07) is -0.797. The van der Waals surface area contributed by atoms with Gasteiger partial charge in [0.25, 0.3) is 0 Å². The molecule has 0 aromatic carbocycles. The lowest BCUT2D eigenvalue weighted by atomic mass is 9.99. The predicted octanol–water partition coefficient (Wildman–Crippen LogP) is 14.0. The van der Waals surface area contributed by atoms with E-state index < -0.39 is 49.5 Å². The van der Waals surface area contributed by atoms with Crippen molar-refractivity contribution in [1.29, 1.82) is 0 Å². The molecular formula is C58H109NO8. The van der Waals surface area contributed by atoms with E-state index >= 15 is 0 Å². The molecule has 9 nitrogen and oxygen atoms in total. The van der Waals surface area contributed by atoms with Crippen molar-refractivity contribution in [3.8, 4) is 0 Å². The first-order valence-corrected chi connectivity index (χ1v) is 28.7.